The average molecular weight is 278 g/mol. The Morgan fingerprint density at radius 1 is 1.26 bits per heavy atom. The van der Waals surface area contributed by atoms with Gasteiger partial charge >= 0.3 is 0 Å². The molecule has 0 aliphatic carbocycles. The van der Waals surface area contributed by atoms with E-state index in [9.17, 15) is 4.79 Å². The smallest absolute Gasteiger partial charge is 0.233 e. The van der Waals surface area contributed by atoms with Crippen LogP contribution in [0.4, 0.5) is 0 Å². The minimum atomic E-state index is -0.263. The van der Waals surface area contributed by atoms with Gasteiger partial charge in [-0.05, 0) is 37.9 Å². The van der Waals surface area contributed by atoms with Crippen molar-refractivity contribution in [2.24, 2.45) is 0 Å². The third-order valence-corrected chi connectivity index (χ3v) is 3.92. The predicted molar refractivity (Wildman–Crippen MR) is 81.6 cm³/mol. The molecule has 19 heavy (non-hydrogen) atoms. The molecule has 4 heteroatoms. The molecule has 1 aromatic rings. The highest BCUT2D eigenvalue weighted by Crippen LogP contribution is 2.08. The van der Waals surface area contributed by atoms with E-state index in [-0.39, 0.29) is 11.2 Å². The van der Waals surface area contributed by atoms with Gasteiger partial charge in [0.25, 0.3) is 0 Å². The predicted octanol–water partition coefficient (Wildman–Crippen LogP) is 1.74. The van der Waals surface area contributed by atoms with Crippen LogP contribution in [0.2, 0.25) is 0 Å². The second-order valence-corrected chi connectivity index (χ2v) is 5.67. The van der Waals surface area contributed by atoms with Crippen LogP contribution in [0.5, 0.6) is 0 Å². The first kappa shape index (κ1) is 14.4. The Morgan fingerprint density at radius 2 is 1.95 bits per heavy atom. The van der Waals surface area contributed by atoms with Gasteiger partial charge in [0.15, 0.2) is 0 Å². The molecule has 1 aliphatic heterocycles. The van der Waals surface area contributed by atoms with Gasteiger partial charge in [0.05, 0.1) is 5.25 Å². The standard InChI is InChI=1S/C15H22N2OS/c18-15(16-8-11-17-9-4-5-10-17)14(19)12-13-6-2-1-3-7-13/h1-3,6-7,14,19H,4-5,8-12H2,(H,16,18). The van der Waals surface area contributed by atoms with Gasteiger partial charge in [-0.2, -0.15) is 12.6 Å². The zero-order valence-electron chi connectivity index (χ0n) is 11.2. The SMILES string of the molecule is O=C(NCCN1CCCC1)C(S)Cc1ccccc1. The summed E-state index contributed by atoms with van der Waals surface area (Å²) >= 11 is 4.39. The quantitative estimate of drug-likeness (QED) is 0.777. The van der Waals surface area contributed by atoms with Crippen molar-refractivity contribution in [1.82, 2.24) is 10.2 Å². The summed E-state index contributed by atoms with van der Waals surface area (Å²) in [5.74, 6) is 0.0337. The van der Waals surface area contributed by atoms with E-state index in [0.29, 0.717) is 6.42 Å². The molecule has 1 N–H and O–H groups in total. The molecule has 0 radical (unpaired) electrons. The fraction of sp³-hybridized carbons (Fsp3) is 0.533. The molecule has 1 fully saturated rings. The van der Waals surface area contributed by atoms with Crippen molar-refractivity contribution in [3.05, 3.63) is 35.9 Å². The highest BCUT2D eigenvalue weighted by Gasteiger charge is 2.15. The normalized spacial score (nSPS) is 17.3. The lowest BCUT2D eigenvalue weighted by atomic mass is 10.1. The third-order valence-electron chi connectivity index (χ3n) is 3.50. The van der Waals surface area contributed by atoms with Gasteiger partial charge in [0.2, 0.25) is 5.91 Å². The molecule has 3 nitrogen and oxygen atoms in total. The number of hydrogen-bond donors (Lipinski definition) is 2. The van der Waals surface area contributed by atoms with E-state index in [0.717, 1.165) is 18.7 Å². The minimum absolute atomic E-state index is 0.0337. The molecule has 2 rings (SSSR count). The van der Waals surface area contributed by atoms with Crippen LogP contribution < -0.4 is 5.32 Å². The molecule has 0 aromatic heterocycles. The maximum absolute atomic E-state index is 11.9. The lowest BCUT2D eigenvalue weighted by Crippen LogP contribution is -2.38. The van der Waals surface area contributed by atoms with Crippen molar-refractivity contribution in [1.29, 1.82) is 0 Å². The van der Waals surface area contributed by atoms with Gasteiger partial charge in [-0.3, -0.25) is 4.79 Å². The summed E-state index contributed by atoms with van der Waals surface area (Å²) in [5, 5.41) is 2.71. The molecule has 0 bridgehead atoms. The van der Waals surface area contributed by atoms with Gasteiger partial charge in [-0.1, -0.05) is 30.3 Å². The van der Waals surface area contributed by atoms with E-state index in [1.165, 1.54) is 25.9 Å². The summed E-state index contributed by atoms with van der Waals surface area (Å²) in [4.78, 5) is 14.3. The Labute approximate surface area is 120 Å². The number of likely N-dealkylation sites (tertiary alicyclic amines) is 1. The Bertz CT molecular complexity index is 390. The van der Waals surface area contributed by atoms with Crippen molar-refractivity contribution in [3.8, 4) is 0 Å². The topological polar surface area (TPSA) is 32.3 Å². The van der Waals surface area contributed by atoms with Gasteiger partial charge in [-0.15, -0.1) is 0 Å². The molecule has 1 unspecified atom stereocenters. The second-order valence-electron chi connectivity index (χ2n) is 5.05. The van der Waals surface area contributed by atoms with Crippen molar-refractivity contribution >= 4 is 18.5 Å². The zero-order valence-corrected chi connectivity index (χ0v) is 12.1. The largest absolute Gasteiger partial charge is 0.354 e. The van der Waals surface area contributed by atoms with Gasteiger partial charge in [0.1, 0.15) is 0 Å². The summed E-state index contributed by atoms with van der Waals surface area (Å²) in [6.45, 7) is 4.02. The van der Waals surface area contributed by atoms with Gasteiger partial charge in [0, 0.05) is 13.1 Å². The van der Waals surface area contributed by atoms with Crippen LogP contribution in [-0.4, -0.2) is 42.2 Å². The van der Waals surface area contributed by atoms with Crippen LogP contribution in [0.25, 0.3) is 0 Å². The van der Waals surface area contributed by atoms with Gasteiger partial charge < -0.3 is 10.2 Å². The minimum Gasteiger partial charge on any atom is -0.354 e. The van der Waals surface area contributed by atoms with Crippen LogP contribution in [0.15, 0.2) is 30.3 Å². The first-order valence-electron chi connectivity index (χ1n) is 6.98. The summed E-state index contributed by atoms with van der Waals surface area (Å²) in [6.07, 6.45) is 3.26. The molecule has 1 atom stereocenters. The number of hydrogen-bond acceptors (Lipinski definition) is 3. The lowest BCUT2D eigenvalue weighted by molar-refractivity contribution is -0.120. The number of nitrogens with one attached hydrogen (secondary N) is 1. The highest BCUT2D eigenvalue weighted by molar-refractivity contribution is 7.81. The third kappa shape index (κ3) is 4.88. The molecule has 1 aromatic carbocycles. The van der Waals surface area contributed by atoms with Crippen molar-refractivity contribution in [2.45, 2.75) is 24.5 Å². The fourth-order valence-electron chi connectivity index (χ4n) is 2.39. The van der Waals surface area contributed by atoms with Crippen LogP contribution in [-0.2, 0) is 11.2 Å². The molecule has 1 saturated heterocycles. The molecule has 0 spiro atoms. The summed E-state index contributed by atoms with van der Waals surface area (Å²) < 4.78 is 0. The number of rotatable bonds is 6. The van der Waals surface area contributed by atoms with Crippen LogP contribution >= 0.6 is 12.6 Å². The van der Waals surface area contributed by atoms with E-state index in [4.69, 9.17) is 0 Å². The van der Waals surface area contributed by atoms with Crippen LogP contribution in [0.3, 0.4) is 0 Å². The summed E-state index contributed by atoms with van der Waals surface area (Å²) in [6, 6.07) is 10.0. The summed E-state index contributed by atoms with van der Waals surface area (Å²) in [7, 11) is 0. The van der Waals surface area contributed by atoms with E-state index in [2.05, 4.69) is 22.8 Å². The second kappa shape index (κ2) is 7.56. The van der Waals surface area contributed by atoms with Crippen LogP contribution in [0, 0.1) is 0 Å². The van der Waals surface area contributed by atoms with Gasteiger partial charge in [-0.25, -0.2) is 0 Å². The molecular formula is C15H22N2OS. The van der Waals surface area contributed by atoms with E-state index >= 15 is 0 Å². The molecule has 1 amide bonds. The summed E-state index contributed by atoms with van der Waals surface area (Å²) in [5.41, 5.74) is 1.15. The van der Waals surface area contributed by atoms with E-state index < -0.39 is 0 Å². The Morgan fingerprint density at radius 3 is 2.63 bits per heavy atom. The number of carbonyl (C=O) groups excluding carboxylic acids is 1. The van der Waals surface area contributed by atoms with E-state index in [1.807, 2.05) is 30.3 Å². The average Bonchev–Trinajstić information content (AvgIpc) is 2.93. The number of carbonyl (C=O) groups is 1. The number of benzene rings is 1. The first-order valence-corrected chi connectivity index (χ1v) is 7.49. The molecule has 0 saturated carbocycles. The van der Waals surface area contributed by atoms with Crippen LogP contribution in [0.1, 0.15) is 18.4 Å². The molecule has 1 aliphatic rings. The number of thiol groups is 1. The molecule has 1 heterocycles. The lowest BCUT2D eigenvalue weighted by Gasteiger charge is -2.16. The van der Waals surface area contributed by atoms with E-state index in [1.54, 1.807) is 0 Å². The molecule has 104 valence electrons. The maximum Gasteiger partial charge on any atom is 0.233 e. The van der Waals surface area contributed by atoms with Crippen molar-refractivity contribution in [3.63, 3.8) is 0 Å². The Balaban J connectivity index is 1.67. The Hall–Kier alpha value is -1.00. The first-order chi connectivity index (χ1) is 9.25. The zero-order chi connectivity index (χ0) is 13.5. The fourth-order valence-corrected chi connectivity index (χ4v) is 2.69. The molecular weight excluding hydrogens is 256 g/mol. The number of nitrogens with zero attached hydrogens (tertiary/aromatic N) is 1. The monoisotopic (exact) mass is 278 g/mol. The highest BCUT2D eigenvalue weighted by atomic mass is 32.1. The number of amides is 1. The Kier molecular flexibility index (Phi) is 5.73. The maximum atomic E-state index is 11.9. The van der Waals surface area contributed by atoms with Crippen molar-refractivity contribution in [2.75, 3.05) is 26.2 Å². The van der Waals surface area contributed by atoms with Crippen molar-refractivity contribution < 1.29 is 4.79 Å².